The van der Waals surface area contributed by atoms with Crippen molar-refractivity contribution in [2.24, 2.45) is 5.73 Å². The summed E-state index contributed by atoms with van der Waals surface area (Å²) in [5.74, 6) is 1.14. The van der Waals surface area contributed by atoms with Crippen LogP contribution >= 0.6 is 0 Å². The highest BCUT2D eigenvalue weighted by Gasteiger charge is 2.11. The molecular formula is C16H19N5O3. The van der Waals surface area contributed by atoms with Crippen molar-refractivity contribution in [3.05, 3.63) is 35.5 Å². The van der Waals surface area contributed by atoms with E-state index in [1.54, 1.807) is 13.2 Å². The smallest absolute Gasteiger partial charge is 0.254 e. The van der Waals surface area contributed by atoms with Crippen LogP contribution in [0.5, 0.6) is 11.5 Å². The Hall–Kier alpha value is -3.21. The van der Waals surface area contributed by atoms with Crippen LogP contribution in [0.3, 0.4) is 0 Å². The highest BCUT2D eigenvalue weighted by molar-refractivity contribution is 5.97. The van der Waals surface area contributed by atoms with E-state index in [1.165, 1.54) is 6.20 Å². The number of carbonyl (C=O) groups excluding carboxylic acids is 1. The first-order valence-corrected chi connectivity index (χ1v) is 7.39. The molecule has 1 heterocycles. The van der Waals surface area contributed by atoms with Gasteiger partial charge < -0.3 is 20.5 Å². The standard InChI is InChI=1S/C16H19N5O3/c1-23-13-5-4-11(8-14(13)24-7-3-2-6-17)9-19-16-12(15(18)22)10-20-21-16/h4-5,8,10H,2-3,7,9H2,1H3,(H2,18,22)(H2,19,20,21). The lowest BCUT2D eigenvalue weighted by Gasteiger charge is -2.12. The number of aromatic nitrogens is 2. The Morgan fingerprint density at radius 1 is 1.46 bits per heavy atom. The zero-order valence-corrected chi connectivity index (χ0v) is 13.3. The topological polar surface area (TPSA) is 126 Å². The molecule has 0 spiro atoms. The Balaban J connectivity index is 2.03. The van der Waals surface area contributed by atoms with Crippen LogP contribution in [0.4, 0.5) is 5.82 Å². The van der Waals surface area contributed by atoms with Crippen LogP contribution in [0.1, 0.15) is 28.8 Å². The monoisotopic (exact) mass is 329 g/mol. The third-order valence-corrected chi connectivity index (χ3v) is 3.29. The fourth-order valence-electron chi connectivity index (χ4n) is 2.08. The predicted molar refractivity (Wildman–Crippen MR) is 87.8 cm³/mol. The van der Waals surface area contributed by atoms with E-state index in [2.05, 4.69) is 21.6 Å². The third-order valence-electron chi connectivity index (χ3n) is 3.29. The van der Waals surface area contributed by atoms with Gasteiger partial charge in [-0.05, 0) is 24.1 Å². The molecule has 1 aromatic carbocycles. The number of methoxy groups -OCH3 is 1. The van der Waals surface area contributed by atoms with Crippen molar-refractivity contribution in [2.75, 3.05) is 19.0 Å². The van der Waals surface area contributed by atoms with Gasteiger partial charge in [0.2, 0.25) is 0 Å². The average Bonchev–Trinajstić information content (AvgIpc) is 3.06. The van der Waals surface area contributed by atoms with Crippen molar-refractivity contribution < 1.29 is 14.3 Å². The summed E-state index contributed by atoms with van der Waals surface area (Å²) in [6, 6.07) is 7.61. The summed E-state index contributed by atoms with van der Waals surface area (Å²) in [5.41, 5.74) is 6.50. The summed E-state index contributed by atoms with van der Waals surface area (Å²) in [6.45, 7) is 0.883. The number of nitrogens with two attached hydrogens (primary N) is 1. The SMILES string of the molecule is COc1ccc(CNc2[nH]ncc2C(N)=O)cc1OCCCC#N. The lowest BCUT2D eigenvalue weighted by Crippen LogP contribution is -2.13. The Bertz CT molecular complexity index is 736. The van der Waals surface area contributed by atoms with Crippen LogP contribution < -0.4 is 20.5 Å². The molecule has 2 rings (SSSR count). The van der Waals surface area contributed by atoms with E-state index < -0.39 is 5.91 Å². The summed E-state index contributed by atoms with van der Waals surface area (Å²) < 4.78 is 10.9. The molecule has 0 bridgehead atoms. The van der Waals surface area contributed by atoms with Crippen molar-refractivity contribution in [1.82, 2.24) is 10.2 Å². The molecule has 0 saturated heterocycles. The number of nitriles is 1. The van der Waals surface area contributed by atoms with Gasteiger partial charge in [0.25, 0.3) is 5.91 Å². The van der Waals surface area contributed by atoms with E-state index in [9.17, 15) is 4.79 Å². The summed E-state index contributed by atoms with van der Waals surface area (Å²) >= 11 is 0. The fraction of sp³-hybridized carbons (Fsp3) is 0.312. The lowest BCUT2D eigenvalue weighted by atomic mass is 10.2. The number of hydrogen-bond donors (Lipinski definition) is 3. The second-order valence-corrected chi connectivity index (χ2v) is 4.97. The Kier molecular flexibility index (Phi) is 6.02. The Labute approximate surface area is 139 Å². The van der Waals surface area contributed by atoms with Gasteiger partial charge in [-0.3, -0.25) is 9.89 Å². The lowest BCUT2D eigenvalue weighted by molar-refractivity contribution is 0.100. The predicted octanol–water partition coefficient (Wildman–Crippen LogP) is 1.81. The van der Waals surface area contributed by atoms with E-state index in [4.69, 9.17) is 20.5 Å². The number of aromatic amines is 1. The molecule has 2 aromatic rings. The van der Waals surface area contributed by atoms with Gasteiger partial charge in [-0.1, -0.05) is 6.07 Å². The number of amides is 1. The molecular weight excluding hydrogens is 310 g/mol. The van der Waals surface area contributed by atoms with Crippen molar-refractivity contribution in [2.45, 2.75) is 19.4 Å². The van der Waals surface area contributed by atoms with Crippen molar-refractivity contribution >= 4 is 11.7 Å². The van der Waals surface area contributed by atoms with Crippen LogP contribution in [-0.4, -0.2) is 29.8 Å². The van der Waals surface area contributed by atoms with Gasteiger partial charge in [0.15, 0.2) is 11.5 Å². The van der Waals surface area contributed by atoms with Gasteiger partial charge >= 0.3 is 0 Å². The van der Waals surface area contributed by atoms with Gasteiger partial charge in [-0.15, -0.1) is 0 Å². The quantitative estimate of drug-likeness (QED) is 0.602. The maximum absolute atomic E-state index is 11.3. The molecule has 1 aromatic heterocycles. The molecule has 0 unspecified atom stereocenters. The molecule has 4 N–H and O–H groups in total. The molecule has 0 aliphatic heterocycles. The number of primary amides is 1. The van der Waals surface area contributed by atoms with Gasteiger partial charge in [0.05, 0.1) is 26.0 Å². The zero-order valence-electron chi connectivity index (χ0n) is 13.3. The number of rotatable bonds is 9. The van der Waals surface area contributed by atoms with Gasteiger partial charge in [0.1, 0.15) is 11.4 Å². The highest BCUT2D eigenvalue weighted by atomic mass is 16.5. The molecule has 8 nitrogen and oxygen atoms in total. The molecule has 0 atom stereocenters. The Morgan fingerprint density at radius 3 is 3.00 bits per heavy atom. The first kappa shape index (κ1) is 17.1. The van der Waals surface area contributed by atoms with E-state index in [1.807, 2.05) is 12.1 Å². The van der Waals surface area contributed by atoms with E-state index in [0.29, 0.717) is 48.9 Å². The van der Waals surface area contributed by atoms with Crippen LogP contribution in [0, 0.1) is 11.3 Å². The van der Waals surface area contributed by atoms with E-state index >= 15 is 0 Å². The molecule has 0 saturated carbocycles. The van der Waals surface area contributed by atoms with Crippen LogP contribution in [0.25, 0.3) is 0 Å². The van der Waals surface area contributed by atoms with Gasteiger partial charge in [0, 0.05) is 13.0 Å². The summed E-state index contributed by atoms with van der Waals surface area (Å²) in [6.07, 6.45) is 2.47. The number of ether oxygens (including phenoxy) is 2. The van der Waals surface area contributed by atoms with E-state index in [-0.39, 0.29) is 0 Å². The molecule has 0 aliphatic carbocycles. The number of nitrogens with zero attached hydrogens (tertiary/aromatic N) is 2. The highest BCUT2D eigenvalue weighted by Crippen LogP contribution is 2.28. The average molecular weight is 329 g/mol. The first-order valence-electron chi connectivity index (χ1n) is 7.39. The molecule has 0 aliphatic rings. The summed E-state index contributed by atoms with van der Waals surface area (Å²) in [5, 5.41) is 18.1. The number of nitrogens with one attached hydrogen (secondary N) is 2. The maximum atomic E-state index is 11.3. The second-order valence-electron chi connectivity index (χ2n) is 4.97. The Morgan fingerprint density at radius 2 is 2.29 bits per heavy atom. The van der Waals surface area contributed by atoms with Crippen LogP contribution in [0.15, 0.2) is 24.4 Å². The van der Waals surface area contributed by atoms with Crippen molar-refractivity contribution in [1.29, 1.82) is 5.26 Å². The largest absolute Gasteiger partial charge is 0.493 e. The first-order chi connectivity index (χ1) is 11.7. The zero-order chi connectivity index (χ0) is 17.4. The summed E-state index contributed by atoms with van der Waals surface area (Å²) in [4.78, 5) is 11.3. The van der Waals surface area contributed by atoms with Crippen molar-refractivity contribution in [3.63, 3.8) is 0 Å². The van der Waals surface area contributed by atoms with E-state index in [0.717, 1.165) is 5.56 Å². The number of H-pyrrole nitrogens is 1. The number of hydrogen-bond acceptors (Lipinski definition) is 6. The normalized spacial score (nSPS) is 10.0. The number of anilines is 1. The third kappa shape index (κ3) is 4.39. The van der Waals surface area contributed by atoms with Crippen LogP contribution in [-0.2, 0) is 6.54 Å². The number of unbranched alkanes of at least 4 members (excludes halogenated alkanes) is 1. The van der Waals surface area contributed by atoms with Gasteiger partial charge in [-0.25, -0.2) is 0 Å². The number of benzene rings is 1. The molecule has 0 fully saturated rings. The molecule has 24 heavy (non-hydrogen) atoms. The van der Waals surface area contributed by atoms with Crippen LogP contribution in [0.2, 0.25) is 0 Å². The minimum Gasteiger partial charge on any atom is -0.493 e. The second kappa shape index (κ2) is 8.43. The molecule has 8 heteroatoms. The minimum atomic E-state index is -0.553. The molecule has 0 radical (unpaired) electrons. The van der Waals surface area contributed by atoms with Crippen molar-refractivity contribution in [3.8, 4) is 17.6 Å². The number of carbonyl (C=O) groups is 1. The molecule has 1 amide bonds. The van der Waals surface area contributed by atoms with Gasteiger partial charge in [-0.2, -0.15) is 10.4 Å². The minimum absolute atomic E-state index is 0.302. The summed E-state index contributed by atoms with van der Waals surface area (Å²) in [7, 11) is 1.57. The fourth-order valence-corrected chi connectivity index (χ4v) is 2.08. The molecule has 126 valence electrons. The maximum Gasteiger partial charge on any atom is 0.254 e.